The van der Waals surface area contributed by atoms with Crippen LogP contribution in [-0.4, -0.2) is 36.5 Å². The lowest BCUT2D eigenvalue weighted by Crippen LogP contribution is -2.42. The zero-order chi connectivity index (χ0) is 9.84. The third kappa shape index (κ3) is 2.99. The van der Waals surface area contributed by atoms with E-state index < -0.39 is 0 Å². The zero-order valence-electron chi connectivity index (χ0n) is 8.84. The van der Waals surface area contributed by atoms with Gasteiger partial charge in [0.05, 0.1) is 0 Å². The Balaban J connectivity index is 2.58. The Morgan fingerprint density at radius 2 is 2.31 bits per heavy atom. The molecule has 1 N–H and O–H groups in total. The maximum atomic E-state index is 11.6. The molecule has 1 heterocycles. The first-order chi connectivity index (χ1) is 6.11. The Morgan fingerprint density at radius 3 is 2.92 bits per heavy atom. The zero-order valence-corrected chi connectivity index (χ0v) is 8.84. The van der Waals surface area contributed by atoms with Crippen LogP contribution in [0.1, 0.15) is 27.2 Å². The van der Waals surface area contributed by atoms with Crippen molar-refractivity contribution in [3.05, 3.63) is 0 Å². The maximum Gasteiger partial charge on any atom is 0.224 e. The van der Waals surface area contributed by atoms with Crippen LogP contribution >= 0.6 is 0 Å². The summed E-state index contributed by atoms with van der Waals surface area (Å²) in [6.45, 7) is 9.06. The molecule has 1 unspecified atom stereocenters. The number of amides is 1. The van der Waals surface area contributed by atoms with E-state index in [9.17, 15) is 4.79 Å². The van der Waals surface area contributed by atoms with E-state index in [0.717, 1.165) is 19.6 Å². The van der Waals surface area contributed by atoms with Crippen LogP contribution in [0.25, 0.3) is 0 Å². The molecule has 1 saturated heterocycles. The van der Waals surface area contributed by atoms with Crippen LogP contribution in [0.3, 0.4) is 0 Å². The molecule has 13 heavy (non-hydrogen) atoms. The minimum Gasteiger partial charge on any atom is -0.338 e. The lowest BCUT2D eigenvalue weighted by atomic mass is 10.1. The maximum absolute atomic E-state index is 11.6. The summed E-state index contributed by atoms with van der Waals surface area (Å²) < 4.78 is 0. The Bertz CT molecular complexity index is 180. The van der Waals surface area contributed by atoms with Crippen molar-refractivity contribution in [1.29, 1.82) is 0 Å². The number of carbonyl (C=O) groups is 1. The van der Waals surface area contributed by atoms with Crippen molar-refractivity contribution in [3.8, 4) is 0 Å². The molecule has 1 rings (SSSR count). The van der Waals surface area contributed by atoms with Crippen LogP contribution < -0.4 is 5.32 Å². The molecular formula is C10H20N2O. The van der Waals surface area contributed by atoms with E-state index in [4.69, 9.17) is 0 Å². The average Bonchev–Trinajstić information content (AvgIpc) is 2.18. The molecule has 0 aromatic heterocycles. The number of nitrogens with one attached hydrogen (secondary N) is 1. The molecule has 0 saturated carbocycles. The normalized spacial score (nSPS) is 25.1. The first-order valence-electron chi connectivity index (χ1n) is 5.11. The second kappa shape index (κ2) is 4.61. The largest absolute Gasteiger partial charge is 0.338 e. The molecule has 1 aliphatic rings. The SMILES string of the molecule is CC(C)CN1C(=O)CCNCC1C. The summed E-state index contributed by atoms with van der Waals surface area (Å²) in [6, 6.07) is 0.345. The van der Waals surface area contributed by atoms with E-state index in [1.807, 2.05) is 4.90 Å². The molecule has 0 spiro atoms. The van der Waals surface area contributed by atoms with Gasteiger partial charge < -0.3 is 10.2 Å². The number of hydrogen-bond acceptors (Lipinski definition) is 2. The summed E-state index contributed by atoms with van der Waals surface area (Å²) in [5.74, 6) is 0.857. The third-order valence-electron chi connectivity index (χ3n) is 2.37. The fourth-order valence-corrected chi connectivity index (χ4v) is 1.68. The number of rotatable bonds is 2. The van der Waals surface area contributed by atoms with Crippen molar-refractivity contribution in [2.24, 2.45) is 5.92 Å². The fraction of sp³-hybridized carbons (Fsp3) is 0.900. The minimum absolute atomic E-state index is 0.297. The molecule has 1 aliphatic heterocycles. The summed E-state index contributed by atoms with van der Waals surface area (Å²) in [5, 5.41) is 3.27. The van der Waals surface area contributed by atoms with E-state index in [1.54, 1.807) is 0 Å². The van der Waals surface area contributed by atoms with Crippen LogP contribution in [0.5, 0.6) is 0 Å². The van der Waals surface area contributed by atoms with Crippen LogP contribution in [0.4, 0.5) is 0 Å². The summed E-state index contributed by atoms with van der Waals surface area (Å²) in [4.78, 5) is 13.7. The molecule has 0 radical (unpaired) electrons. The van der Waals surface area contributed by atoms with Gasteiger partial charge in [-0.15, -0.1) is 0 Å². The van der Waals surface area contributed by atoms with Crippen molar-refractivity contribution < 1.29 is 4.79 Å². The molecule has 1 atom stereocenters. The highest BCUT2D eigenvalue weighted by atomic mass is 16.2. The van der Waals surface area contributed by atoms with Crippen LogP contribution in [0.2, 0.25) is 0 Å². The van der Waals surface area contributed by atoms with Gasteiger partial charge in [0, 0.05) is 32.1 Å². The molecule has 76 valence electrons. The molecular weight excluding hydrogens is 164 g/mol. The van der Waals surface area contributed by atoms with E-state index in [0.29, 0.717) is 24.3 Å². The molecule has 3 heteroatoms. The Kier molecular flexibility index (Phi) is 3.72. The van der Waals surface area contributed by atoms with Crippen LogP contribution in [0.15, 0.2) is 0 Å². The second-order valence-electron chi connectivity index (χ2n) is 4.24. The molecule has 0 bridgehead atoms. The smallest absolute Gasteiger partial charge is 0.224 e. The van der Waals surface area contributed by atoms with Gasteiger partial charge in [-0.1, -0.05) is 13.8 Å². The van der Waals surface area contributed by atoms with Gasteiger partial charge in [0.25, 0.3) is 0 Å². The highest BCUT2D eigenvalue weighted by Crippen LogP contribution is 2.08. The van der Waals surface area contributed by atoms with Gasteiger partial charge in [-0.3, -0.25) is 4.79 Å². The van der Waals surface area contributed by atoms with E-state index in [-0.39, 0.29) is 0 Å². The summed E-state index contributed by atoms with van der Waals surface area (Å²) in [6.07, 6.45) is 0.650. The lowest BCUT2D eigenvalue weighted by Gasteiger charge is -2.28. The predicted octanol–water partition coefficient (Wildman–Crippen LogP) is 0.853. The van der Waals surface area contributed by atoms with Gasteiger partial charge in [-0.05, 0) is 12.8 Å². The van der Waals surface area contributed by atoms with Gasteiger partial charge in [0.1, 0.15) is 0 Å². The minimum atomic E-state index is 0.297. The summed E-state index contributed by atoms with van der Waals surface area (Å²) >= 11 is 0. The lowest BCUT2D eigenvalue weighted by molar-refractivity contribution is -0.132. The molecule has 1 fully saturated rings. The molecule has 0 aromatic rings. The quantitative estimate of drug-likeness (QED) is 0.690. The van der Waals surface area contributed by atoms with Crippen molar-refractivity contribution >= 4 is 5.91 Å². The van der Waals surface area contributed by atoms with Crippen LogP contribution in [0, 0.1) is 5.92 Å². The fourth-order valence-electron chi connectivity index (χ4n) is 1.68. The second-order valence-corrected chi connectivity index (χ2v) is 4.24. The standard InChI is InChI=1S/C10H20N2O/c1-8(2)7-12-9(3)6-11-5-4-10(12)13/h8-9,11H,4-7H2,1-3H3. The predicted molar refractivity (Wildman–Crippen MR) is 53.5 cm³/mol. The Morgan fingerprint density at radius 1 is 1.62 bits per heavy atom. The molecule has 1 amide bonds. The third-order valence-corrected chi connectivity index (χ3v) is 2.37. The number of hydrogen-bond donors (Lipinski definition) is 1. The number of nitrogens with zero attached hydrogens (tertiary/aromatic N) is 1. The summed E-state index contributed by atoms with van der Waals surface area (Å²) in [7, 11) is 0. The van der Waals surface area contributed by atoms with Crippen molar-refractivity contribution in [3.63, 3.8) is 0 Å². The van der Waals surface area contributed by atoms with Gasteiger partial charge >= 0.3 is 0 Å². The van der Waals surface area contributed by atoms with E-state index in [2.05, 4.69) is 26.1 Å². The first-order valence-corrected chi connectivity index (χ1v) is 5.11. The van der Waals surface area contributed by atoms with Gasteiger partial charge in [0.15, 0.2) is 0 Å². The molecule has 3 nitrogen and oxygen atoms in total. The van der Waals surface area contributed by atoms with E-state index in [1.165, 1.54) is 0 Å². The van der Waals surface area contributed by atoms with Gasteiger partial charge in [-0.2, -0.15) is 0 Å². The van der Waals surface area contributed by atoms with Gasteiger partial charge in [-0.25, -0.2) is 0 Å². The van der Waals surface area contributed by atoms with Gasteiger partial charge in [0.2, 0.25) is 5.91 Å². The van der Waals surface area contributed by atoms with Crippen molar-refractivity contribution in [2.45, 2.75) is 33.2 Å². The van der Waals surface area contributed by atoms with Crippen LogP contribution in [-0.2, 0) is 4.79 Å². The highest BCUT2D eigenvalue weighted by molar-refractivity contribution is 5.77. The summed E-state index contributed by atoms with van der Waals surface area (Å²) in [5.41, 5.74) is 0. The Hall–Kier alpha value is -0.570. The molecule has 0 aliphatic carbocycles. The van der Waals surface area contributed by atoms with Crippen molar-refractivity contribution in [1.82, 2.24) is 10.2 Å². The highest BCUT2D eigenvalue weighted by Gasteiger charge is 2.22. The first kappa shape index (κ1) is 10.5. The molecule has 0 aromatic carbocycles. The average molecular weight is 184 g/mol. The monoisotopic (exact) mass is 184 g/mol. The van der Waals surface area contributed by atoms with E-state index >= 15 is 0 Å². The topological polar surface area (TPSA) is 32.3 Å². The van der Waals surface area contributed by atoms with Crippen molar-refractivity contribution in [2.75, 3.05) is 19.6 Å². The Labute approximate surface area is 80.5 Å². The number of carbonyl (C=O) groups excluding carboxylic acids is 1.